The van der Waals surface area contributed by atoms with E-state index >= 15 is 0 Å². The van der Waals surface area contributed by atoms with Crippen LogP contribution in [-0.2, 0) is 20.7 Å². The Morgan fingerprint density at radius 3 is 2.81 bits per heavy atom. The van der Waals surface area contributed by atoms with Crippen LogP contribution in [0.25, 0.3) is 0 Å². The van der Waals surface area contributed by atoms with Gasteiger partial charge in [0.05, 0.1) is 19.4 Å². The third-order valence-corrected chi connectivity index (χ3v) is 3.47. The van der Waals surface area contributed by atoms with E-state index in [1.165, 1.54) is 13.2 Å². The second-order valence-electron chi connectivity index (χ2n) is 4.99. The first-order chi connectivity index (χ1) is 9.99. The smallest absolute Gasteiger partial charge is 0.325 e. The molecule has 0 spiro atoms. The van der Waals surface area contributed by atoms with Gasteiger partial charge in [0.25, 0.3) is 5.56 Å². The number of aromatic nitrogens is 2. The number of nitrogens with zero attached hydrogens (tertiary/aromatic N) is 1. The van der Waals surface area contributed by atoms with Crippen molar-refractivity contribution in [1.82, 2.24) is 14.9 Å². The number of methoxy groups -OCH3 is 1. The number of carbonyl (C=O) groups excluding carboxylic acids is 2. The molecule has 1 atom stereocenters. The van der Waals surface area contributed by atoms with Gasteiger partial charge >= 0.3 is 11.7 Å². The summed E-state index contributed by atoms with van der Waals surface area (Å²) >= 11 is 0. The molecule has 2 rings (SSSR count). The Morgan fingerprint density at radius 2 is 2.14 bits per heavy atom. The Kier molecular flexibility index (Phi) is 4.56. The lowest BCUT2D eigenvalue weighted by Crippen LogP contribution is -2.43. The fourth-order valence-electron chi connectivity index (χ4n) is 2.45. The van der Waals surface area contributed by atoms with E-state index in [0.717, 1.165) is 6.42 Å². The number of esters is 1. The molecule has 1 amide bonds. The maximum Gasteiger partial charge on any atom is 0.325 e. The lowest BCUT2D eigenvalue weighted by Gasteiger charge is -2.31. The van der Waals surface area contributed by atoms with Crippen molar-refractivity contribution in [2.45, 2.75) is 19.3 Å². The summed E-state index contributed by atoms with van der Waals surface area (Å²) in [5.41, 5.74) is -0.932. The summed E-state index contributed by atoms with van der Waals surface area (Å²) in [6, 6.07) is 1.18. The van der Waals surface area contributed by atoms with Gasteiger partial charge in [0.1, 0.15) is 0 Å². The van der Waals surface area contributed by atoms with Gasteiger partial charge in [-0.15, -0.1) is 0 Å². The molecule has 0 saturated carbocycles. The molecule has 0 bridgehead atoms. The third-order valence-electron chi connectivity index (χ3n) is 3.47. The van der Waals surface area contributed by atoms with Gasteiger partial charge in [0, 0.05) is 24.8 Å². The van der Waals surface area contributed by atoms with Gasteiger partial charge in [0.2, 0.25) is 5.91 Å². The monoisotopic (exact) mass is 295 g/mol. The number of carbonyl (C=O) groups is 2. The van der Waals surface area contributed by atoms with Crippen LogP contribution in [0.5, 0.6) is 0 Å². The predicted octanol–water partition coefficient (Wildman–Crippen LogP) is -0.983. The van der Waals surface area contributed by atoms with E-state index in [4.69, 9.17) is 4.74 Å². The van der Waals surface area contributed by atoms with Gasteiger partial charge in [-0.05, 0) is 12.8 Å². The number of amides is 1. The topological polar surface area (TPSA) is 112 Å². The molecule has 8 nitrogen and oxygen atoms in total. The van der Waals surface area contributed by atoms with Crippen LogP contribution in [0, 0.1) is 5.92 Å². The summed E-state index contributed by atoms with van der Waals surface area (Å²) in [5, 5.41) is 0. The second-order valence-corrected chi connectivity index (χ2v) is 4.99. The number of hydrogen-bond donors (Lipinski definition) is 2. The number of ether oxygens (including phenoxy) is 1. The van der Waals surface area contributed by atoms with Gasteiger partial charge in [-0.2, -0.15) is 0 Å². The molecule has 1 aromatic heterocycles. The van der Waals surface area contributed by atoms with Crippen LogP contribution in [0.1, 0.15) is 18.5 Å². The largest absolute Gasteiger partial charge is 0.469 e. The molecule has 0 unspecified atom stereocenters. The van der Waals surface area contributed by atoms with Crippen molar-refractivity contribution in [2.24, 2.45) is 5.92 Å². The first-order valence-electron chi connectivity index (χ1n) is 6.67. The first-order valence-corrected chi connectivity index (χ1v) is 6.67. The van der Waals surface area contributed by atoms with Gasteiger partial charge in [-0.3, -0.25) is 19.4 Å². The van der Waals surface area contributed by atoms with E-state index in [-0.39, 0.29) is 29.9 Å². The maximum absolute atomic E-state index is 12.2. The highest BCUT2D eigenvalue weighted by atomic mass is 16.5. The Balaban J connectivity index is 2.04. The van der Waals surface area contributed by atoms with E-state index in [0.29, 0.717) is 19.5 Å². The summed E-state index contributed by atoms with van der Waals surface area (Å²) in [4.78, 5) is 52.1. The first kappa shape index (κ1) is 15.0. The van der Waals surface area contributed by atoms with E-state index in [1.807, 2.05) is 4.98 Å². The number of hydrogen-bond acceptors (Lipinski definition) is 5. The third kappa shape index (κ3) is 3.80. The second kappa shape index (κ2) is 6.38. The molecular weight excluding hydrogens is 278 g/mol. The number of H-pyrrole nitrogens is 2. The number of likely N-dealkylation sites (tertiary alicyclic amines) is 1. The quantitative estimate of drug-likeness (QED) is 0.696. The fraction of sp³-hybridized carbons (Fsp3) is 0.538. The molecular formula is C13H17N3O5. The zero-order valence-corrected chi connectivity index (χ0v) is 11.7. The van der Waals surface area contributed by atoms with Gasteiger partial charge in [0.15, 0.2) is 0 Å². The van der Waals surface area contributed by atoms with Gasteiger partial charge in [-0.1, -0.05) is 0 Å². The average Bonchev–Trinajstić information content (AvgIpc) is 2.45. The summed E-state index contributed by atoms with van der Waals surface area (Å²) < 4.78 is 4.70. The van der Waals surface area contributed by atoms with Crippen LogP contribution in [0.15, 0.2) is 15.7 Å². The van der Waals surface area contributed by atoms with E-state index < -0.39 is 11.2 Å². The molecule has 114 valence electrons. The molecule has 1 aliphatic rings. The number of rotatable bonds is 3. The average molecular weight is 295 g/mol. The Morgan fingerprint density at radius 1 is 1.38 bits per heavy atom. The van der Waals surface area contributed by atoms with Crippen LogP contribution in [0.2, 0.25) is 0 Å². The van der Waals surface area contributed by atoms with Gasteiger partial charge in [-0.25, -0.2) is 4.79 Å². The standard InChI is InChI=1S/C13H17N3O5/c1-21-12(19)8-3-2-4-16(7-8)11(18)6-9-5-10(17)15-13(20)14-9/h5,8H,2-4,6-7H2,1H3,(H2,14,15,17,20)/t8-/m0/s1. The van der Waals surface area contributed by atoms with Crippen molar-refractivity contribution in [3.63, 3.8) is 0 Å². The summed E-state index contributed by atoms with van der Waals surface area (Å²) in [6.45, 7) is 0.860. The highest BCUT2D eigenvalue weighted by Crippen LogP contribution is 2.18. The van der Waals surface area contributed by atoms with E-state index in [9.17, 15) is 19.2 Å². The number of piperidine rings is 1. The van der Waals surface area contributed by atoms with Crippen molar-refractivity contribution >= 4 is 11.9 Å². The maximum atomic E-state index is 12.2. The highest BCUT2D eigenvalue weighted by Gasteiger charge is 2.29. The molecule has 21 heavy (non-hydrogen) atoms. The highest BCUT2D eigenvalue weighted by molar-refractivity contribution is 5.80. The van der Waals surface area contributed by atoms with Crippen molar-refractivity contribution in [1.29, 1.82) is 0 Å². The molecule has 2 heterocycles. The van der Waals surface area contributed by atoms with E-state index in [1.54, 1.807) is 4.90 Å². The van der Waals surface area contributed by atoms with Crippen molar-refractivity contribution in [3.8, 4) is 0 Å². The summed E-state index contributed by atoms with van der Waals surface area (Å²) in [5.74, 6) is -0.868. The van der Waals surface area contributed by atoms with E-state index in [2.05, 4.69) is 4.98 Å². The van der Waals surface area contributed by atoms with Crippen LogP contribution in [0.3, 0.4) is 0 Å². The zero-order chi connectivity index (χ0) is 15.4. The van der Waals surface area contributed by atoms with Gasteiger partial charge < -0.3 is 14.6 Å². The molecule has 1 aliphatic heterocycles. The Labute approximate surface area is 120 Å². The summed E-state index contributed by atoms with van der Waals surface area (Å²) in [6.07, 6.45) is 1.34. The molecule has 1 aromatic rings. The lowest BCUT2D eigenvalue weighted by atomic mass is 9.98. The summed E-state index contributed by atoms with van der Waals surface area (Å²) in [7, 11) is 1.32. The SMILES string of the molecule is COC(=O)[C@H]1CCCN(C(=O)Cc2cc(=O)[nH]c(=O)[nH]2)C1. The molecule has 8 heteroatoms. The fourth-order valence-corrected chi connectivity index (χ4v) is 2.45. The number of nitrogens with one attached hydrogen (secondary N) is 2. The van der Waals surface area contributed by atoms with Crippen LogP contribution in [0.4, 0.5) is 0 Å². The molecule has 0 radical (unpaired) electrons. The Hall–Kier alpha value is -2.38. The van der Waals surface area contributed by atoms with Crippen LogP contribution < -0.4 is 11.2 Å². The van der Waals surface area contributed by atoms with Crippen molar-refractivity contribution in [3.05, 3.63) is 32.6 Å². The molecule has 2 N–H and O–H groups in total. The lowest BCUT2D eigenvalue weighted by molar-refractivity contribution is -0.148. The van der Waals surface area contributed by atoms with Crippen molar-refractivity contribution in [2.75, 3.05) is 20.2 Å². The predicted molar refractivity (Wildman–Crippen MR) is 72.7 cm³/mol. The normalized spacial score (nSPS) is 18.3. The Bertz CT molecular complexity index is 619. The molecule has 0 aromatic carbocycles. The zero-order valence-electron chi connectivity index (χ0n) is 11.7. The molecule has 0 aliphatic carbocycles. The number of aromatic amines is 2. The van der Waals surface area contributed by atoms with Crippen molar-refractivity contribution < 1.29 is 14.3 Å². The van der Waals surface area contributed by atoms with Crippen LogP contribution >= 0.6 is 0 Å². The minimum absolute atomic E-state index is 0.0763. The minimum Gasteiger partial charge on any atom is -0.469 e. The molecule has 1 saturated heterocycles. The van der Waals surface area contributed by atoms with Crippen LogP contribution in [-0.4, -0.2) is 46.9 Å². The minimum atomic E-state index is -0.642. The molecule has 1 fully saturated rings.